The summed E-state index contributed by atoms with van der Waals surface area (Å²) in [5.74, 6) is -2.12. The highest BCUT2D eigenvalue weighted by Gasteiger charge is 2.80. The number of rotatable bonds is 1. The first-order valence-corrected chi connectivity index (χ1v) is 8.20. The Bertz CT molecular complexity index is 850. The molecule has 1 spiro atoms. The normalized spacial score (nSPS) is 37.7. The standard InChI is InChI=1S/C18H15N5O2/c19-9-16(10-20)13-5-1-2-6-18(13)24-14(12-4-3-7-23-8-12)17(16,11-21)15(22)25-18/h3-4,7-8,13-14,22H,1-2,5-6H2/t13-,14-,17-,18+/m1/s1. The average Bonchev–Trinajstić information content (AvgIpc) is 2.66. The molecule has 1 N–H and O–H groups in total. The van der Waals surface area contributed by atoms with Gasteiger partial charge in [0.2, 0.25) is 11.7 Å². The van der Waals surface area contributed by atoms with E-state index in [-0.39, 0.29) is 5.90 Å². The molecule has 2 bridgehead atoms. The maximum atomic E-state index is 10.1. The van der Waals surface area contributed by atoms with Crippen LogP contribution in [0.15, 0.2) is 24.5 Å². The maximum Gasteiger partial charge on any atom is 0.218 e. The lowest BCUT2D eigenvalue weighted by atomic mass is 9.48. The first-order valence-electron chi connectivity index (χ1n) is 8.20. The quantitative estimate of drug-likeness (QED) is 0.841. The summed E-state index contributed by atoms with van der Waals surface area (Å²) in [6, 6.07) is 9.73. The summed E-state index contributed by atoms with van der Waals surface area (Å²) in [6.45, 7) is 0. The van der Waals surface area contributed by atoms with E-state index in [1.807, 2.05) is 0 Å². The van der Waals surface area contributed by atoms with Gasteiger partial charge in [-0.25, -0.2) is 0 Å². The van der Waals surface area contributed by atoms with Gasteiger partial charge in [-0.15, -0.1) is 0 Å². The summed E-state index contributed by atoms with van der Waals surface area (Å²) in [4.78, 5) is 4.07. The minimum absolute atomic E-state index is 0.351. The molecule has 1 aliphatic carbocycles. The van der Waals surface area contributed by atoms with Crippen LogP contribution in [0.25, 0.3) is 0 Å². The monoisotopic (exact) mass is 333 g/mol. The third-order valence-electron chi connectivity index (χ3n) is 5.80. The van der Waals surface area contributed by atoms with Gasteiger partial charge in [-0.2, -0.15) is 15.8 Å². The molecule has 4 aliphatic rings. The Balaban J connectivity index is 2.02. The van der Waals surface area contributed by atoms with Crippen LogP contribution < -0.4 is 0 Å². The van der Waals surface area contributed by atoms with Crippen molar-refractivity contribution in [3.8, 4) is 18.2 Å². The highest BCUT2D eigenvalue weighted by molar-refractivity contribution is 5.89. The van der Waals surface area contributed by atoms with Gasteiger partial charge in [0.05, 0.1) is 24.1 Å². The Morgan fingerprint density at radius 2 is 2.00 bits per heavy atom. The fourth-order valence-corrected chi connectivity index (χ4v) is 4.67. The number of hydrogen-bond donors (Lipinski definition) is 1. The second-order valence-electron chi connectivity index (χ2n) is 6.78. The molecule has 4 fully saturated rings. The van der Waals surface area contributed by atoms with Crippen molar-refractivity contribution >= 4 is 5.90 Å². The lowest BCUT2D eigenvalue weighted by Gasteiger charge is -2.63. The molecule has 7 heteroatoms. The van der Waals surface area contributed by atoms with Crippen molar-refractivity contribution in [2.45, 2.75) is 37.6 Å². The van der Waals surface area contributed by atoms with Gasteiger partial charge in [0.15, 0.2) is 10.8 Å². The van der Waals surface area contributed by atoms with Crippen LogP contribution in [0, 0.1) is 56.2 Å². The van der Waals surface area contributed by atoms with E-state index in [0.717, 1.165) is 12.8 Å². The second kappa shape index (κ2) is 5.02. The number of nitriles is 3. The Labute approximate surface area is 144 Å². The molecule has 0 unspecified atom stereocenters. The molecule has 3 aliphatic heterocycles. The molecule has 4 heterocycles. The minimum atomic E-state index is -1.82. The van der Waals surface area contributed by atoms with Crippen molar-refractivity contribution in [1.82, 2.24) is 4.98 Å². The third-order valence-corrected chi connectivity index (χ3v) is 5.80. The molecule has 7 nitrogen and oxygen atoms in total. The van der Waals surface area contributed by atoms with E-state index in [4.69, 9.17) is 14.9 Å². The van der Waals surface area contributed by atoms with E-state index < -0.39 is 28.6 Å². The summed E-state index contributed by atoms with van der Waals surface area (Å²) in [5.41, 5.74) is -2.95. The van der Waals surface area contributed by atoms with Crippen LogP contribution in [0.3, 0.4) is 0 Å². The molecule has 5 rings (SSSR count). The molecule has 3 saturated heterocycles. The predicted molar refractivity (Wildman–Crippen MR) is 83.3 cm³/mol. The molecule has 4 atom stereocenters. The van der Waals surface area contributed by atoms with Crippen LogP contribution in [0.5, 0.6) is 0 Å². The van der Waals surface area contributed by atoms with Gasteiger partial charge in [-0.1, -0.05) is 12.5 Å². The van der Waals surface area contributed by atoms with Crippen molar-refractivity contribution in [3.63, 3.8) is 0 Å². The fourth-order valence-electron chi connectivity index (χ4n) is 4.67. The second-order valence-corrected chi connectivity index (χ2v) is 6.78. The van der Waals surface area contributed by atoms with Gasteiger partial charge in [-0.3, -0.25) is 10.4 Å². The molecule has 0 radical (unpaired) electrons. The van der Waals surface area contributed by atoms with Gasteiger partial charge < -0.3 is 9.47 Å². The lowest BCUT2D eigenvalue weighted by Crippen LogP contribution is -2.73. The number of pyridine rings is 1. The Hall–Kier alpha value is -2.95. The van der Waals surface area contributed by atoms with E-state index in [1.165, 1.54) is 0 Å². The van der Waals surface area contributed by atoms with Crippen molar-refractivity contribution < 1.29 is 9.47 Å². The van der Waals surface area contributed by atoms with Crippen LogP contribution in [0.1, 0.15) is 37.4 Å². The molecule has 0 aromatic carbocycles. The van der Waals surface area contributed by atoms with Crippen LogP contribution >= 0.6 is 0 Å². The van der Waals surface area contributed by atoms with E-state index in [0.29, 0.717) is 18.4 Å². The molecule has 1 aromatic heterocycles. The highest BCUT2D eigenvalue weighted by Crippen LogP contribution is 2.69. The van der Waals surface area contributed by atoms with Gasteiger partial charge in [0.25, 0.3) is 0 Å². The molecule has 1 aromatic rings. The van der Waals surface area contributed by atoms with Gasteiger partial charge >= 0.3 is 0 Å². The molecule has 124 valence electrons. The smallest absolute Gasteiger partial charge is 0.218 e. The minimum Gasteiger partial charge on any atom is -0.447 e. The summed E-state index contributed by atoms with van der Waals surface area (Å²) in [6.07, 6.45) is 4.88. The summed E-state index contributed by atoms with van der Waals surface area (Å²) in [7, 11) is 0. The molecule has 1 saturated carbocycles. The molecule has 25 heavy (non-hydrogen) atoms. The van der Waals surface area contributed by atoms with Crippen LogP contribution in [-0.2, 0) is 9.47 Å². The zero-order valence-corrected chi connectivity index (χ0v) is 13.4. The van der Waals surface area contributed by atoms with Crippen LogP contribution in [0.4, 0.5) is 0 Å². The van der Waals surface area contributed by atoms with Crippen LogP contribution in [-0.4, -0.2) is 16.7 Å². The average molecular weight is 333 g/mol. The van der Waals surface area contributed by atoms with Gasteiger partial charge in [-0.05, 0) is 18.9 Å². The summed E-state index contributed by atoms with van der Waals surface area (Å²) < 4.78 is 12.1. The molecular weight excluding hydrogens is 318 g/mol. The van der Waals surface area contributed by atoms with Gasteiger partial charge in [0.1, 0.15) is 6.10 Å². The van der Waals surface area contributed by atoms with Crippen molar-refractivity contribution in [2.24, 2.45) is 16.7 Å². The number of nitrogens with zero attached hydrogens (tertiary/aromatic N) is 4. The molecular formula is C18H15N5O2. The Morgan fingerprint density at radius 1 is 1.20 bits per heavy atom. The van der Waals surface area contributed by atoms with E-state index in [2.05, 4.69) is 23.2 Å². The van der Waals surface area contributed by atoms with Gasteiger partial charge in [0, 0.05) is 24.4 Å². The van der Waals surface area contributed by atoms with Crippen molar-refractivity contribution in [3.05, 3.63) is 30.1 Å². The van der Waals surface area contributed by atoms with Crippen molar-refractivity contribution in [2.75, 3.05) is 0 Å². The number of aromatic nitrogens is 1. The maximum absolute atomic E-state index is 10.1. The topological polar surface area (TPSA) is 127 Å². The first kappa shape index (κ1) is 15.6. The number of nitrogens with one attached hydrogen (secondary N) is 1. The zero-order valence-electron chi connectivity index (χ0n) is 13.4. The zero-order chi connectivity index (χ0) is 17.7. The van der Waals surface area contributed by atoms with E-state index >= 15 is 0 Å². The number of ether oxygens (including phenoxy) is 2. The van der Waals surface area contributed by atoms with E-state index in [9.17, 15) is 15.8 Å². The lowest BCUT2D eigenvalue weighted by molar-refractivity contribution is -0.360. The summed E-state index contributed by atoms with van der Waals surface area (Å²) >= 11 is 0. The number of fused-ring (bicyclic) bond motifs is 2. The fraction of sp³-hybridized carbons (Fsp3) is 0.500. The SMILES string of the molecule is N#CC1(C#N)[C@H]2CCCC[C@]23OC(=N)[C@@]1(C#N)[C@@H](c1cccnc1)O3. The Kier molecular flexibility index (Phi) is 3.13. The van der Waals surface area contributed by atoms with Crippen LogP contribution in [0.2, 0.25) is 0 Å². The largest absolute Gasteiger partial charge is 0.447 e. The van der Waals surface area contributed by atoms with Crippen molar-refractivity contribution in [1.29, 1.82) is 21.2 Å². The Morgan fingerprint density at radius 3 is 2.64 bits per heavy atom. The molecule has 0 amide bonds. The third kappa shape index (κ3) is 1.60. The predicted octanol–water partition coefficient (Wildman–Crippen LogP) is 2.59. The number of hydrogen-bond acceptors (Lipinski definition) is 7. The van der Waals surface area contributed by atoms with E-state index in [1.54, 1.807) is 24.5 Å². The first-order chi connectivity index (χ1) is 12.1. The highest BCUT2D eigenvalue weighted by atomic mass is 16.7. The summed E-state index contributed by atoms with van der Waals surface area (Å²) in [5, 5.41) is 38.6.